The van der Waals surface area contributed by atoms with Crippen LogP contribution in [0, 0.1) is 17.4 Å². The smallest absolute Gasteiger partial charge is 0.129 e. The summed E-state index contributed by atoms with van der Waals surface area (Å²) in [5.74, 6) is 3.57. The molecule has 0 saturated heterocycles. The molecule has 3 aliphatic carbocycles. The van der Waals surface area contributed by atoms with Gasteiger partial charge in [-0.05, 0) is 11.1 Å². The molecule has 0 radical (unpaired) electrons. The average Bonchev–Trinajstić information content (AvgIpc) is 2.84. The molecule has 0 heterocycles. The molecule has 0 amide bonds. The van der Waals surface area contributed by atoms with Gasteiger partial charge >= 0.3 is 0 Å². The van der Waals surface area contributed by atoms with Crippen LogP contribution in [0.3, 0.4) is 0 Å². The van der Waals surface area contributed by atoms with Gasteiger partial charge in [0.25, 0.3) is 0 Å². The molecule has 2 unspecified atom stereocenters. The molecule has 0 aliphatic heterocycles. The van der Waals surface area contributed by atoms with Gasteiger partial charge in [-0.15, -0.1) is 11.3 Å². The van der Waals surface area contributed by atoms with Crippen LogP contribution < -0.4 is 0 Å². The number of hydrogen-bond acceptors (Lipinski definition) is 1. The van der Waals surface area contributed by atoms with Crippen molar-refractivity contribution in [3.05, 3.63) is 82.1 Å². The van der Waals surface area contributed by atoms with Gasteiger partial charge in [0, 0.05) is 28.2 Å². The Balaban J connectivity index is 2.01. The van der Waals surface area contributed by atoms with E-state index in [4.69, 9.17) is 0 Å². The van der Waals surface area contributed by atoms with Crippen LogP contribution in [0.15, 0.2) is 71.0 Å². The van der Waals surface area contributed by atoms with E-state index in [2.05, 4.69) is 61.1 Å². The van der Waals surface area contributed by atoms with E-state index in [1.165, 1.54) is 0 Å². The predicted octanol–water partition coefficient (Wildman–Crippen LogP) is 4.58. The van der Waals surface area contributed by atoms with Crippen LogP contribution >= 0.6 is 0 Å². The summed E-state index contributed by atoms with van der Waals surface area (Å²) >= 11 is 0. The van der Waals surface area contributed by atoms with E-state index in [1.54, 1.807) is 0 Å². The van der Waals surface area contributed by atoms with Gasteiger partial charge < -0.3 is 5.11 Å². The maximum Gasteiger partial charge on any atom is 0.129 e. The van der Waals surface area contributed by atoms with E-state index in [1.807, 2.05) is 24.3 Å². The summed E-state index contributed by atoms with van der Waals surface area (Å²) in [4.78, 5) is 0. The molecule has 0 fully saturated rings. The Hall–Kier alpha value is -2.30. The molecule has 0 aromatic heterocycles. The molecule has 1 N–H and O–H groups in total. The molecule has 3 aliphatic rings. The second-order valence-electron chi connectivity index (χ2n) is 7.49. The van der Waals surface area contributed by atoms with Gasteiger partial charge in [-0.1, -0.05) is 74.1 Å². The molecule has 2 heteroatoms. The van der Waals surface area contributed by atoms with Crippen molar-refractivity contribution >= 4 is 13.6 Å². The Morgan fingerprint density at radius 2 is 1.92 bits per heavy atom. The summed E-state index contributed by atoms with van der Waals surface area (Å²) in [5, 5.41) is 10.9. The first-order valence-corrected chi connectivity index (χ1v) is 11.9. The Kier molecular flexibility index (Phi) is 3.40. The Morgan fingerprint density at radius 1 is 1.12 bits per heavy atom. The van der Waals surface area contributed by atoms with E-state index in [-0.39, 0.29) is 5.92 Å². The number of rotatable bonds is 0. The molecule has 1 aromatic rings. The zero-order valence-corrected chi connectivity index (χ0v) is 15.2. The fourth-order valence-electron chi connectivity index (χ4n) is 3.44. The quantitative estimate of drug-likeness (QED) is 0.420. The zero-order valence-electron chi connectivity index (χ0n) is 14.2. The van der Waals surface area contributed by atoms with Crippen molar-refractivity contribution < 1.29 is 5.11 Å². The van der Waals surface area contributed by atoms with Gasteiger partial charge in [-0.2, -0.15) is 0 Å². The van der Waals surface area contributed by atoms with Gasteiger partial charge in [-0.25, -0.2) is 0 Å². The third kappa shape index (κ3) is 2.39. The van der Waals surface area contributed by atoms with Crippen LogP contribution in [0.25, 0.3) is 5.57 Å². The lowest BCUT2D eigenvalue weighted by Gasteiger charge is -2.23. The lowest BCUT2D eigenvalue weighted by atomic mass is 9.80. The summed E-state index contributed by atoms with van der Waals surface area (Å²) in [6, 6.07) is 8.07. The molecule has 1 aromatic carbocycles. The van der Waals surface area contributed by atoms with Gasteiger partial charge in [0.1, 0.15) is 14.2 Å². The van der Waals surface area contributed by atoms with E-state index in [0.29, 0.717) is 0 Å². The number of benzene rings is 1. The van der Waals surface area contributed by atoms with Crippen molar-refractivity contribution in [2.24, 2.45) is 5.92 Å². The van der Waals surface area contributed by atoms with Crippen LogP contribution in [0.1, 0.15) is 17.2 Å². The van der Waals surface area contributed by atoms with Crippen molar-refractivity contribution in [3.8, 4) is 11.5 Å². The summed E-state index contributed by atoms with van der Waals surface area (Å²) in [6.07, 6.45) is 7.78. The van der Waals surface area contributed by atoms with Gasteiger partial charge in [-0.3, -0.25) is 0 Å². The van der Waals surface area contributed by atoms with Crippen LogP contribution in [-0.2, 0) is 0 Å². The molecule has 1 nitrogen and oxygen atoms in total. The molecule has 118 valence electrons. The van der Waals surface area contributed by atoms with E-state index in [9.17, 15) is 5.11 Å². The number of fused-ring (bicyclic) bond motifs is 4. The molecular formula is C22H20OSi. The molecule has 2 atom stereocenters. The molecule has 24 heavy (non-hydrogen) atoms. The van der Waals surface area contributed by atoms with Crippen LogP contribution in [-0.4, -0.2) is 13.2 Å². The minimum Gasteiger partial charge on any atom is -0.384 e. The number of aliphatic hydroxyl groups is 1. The number of hydrogen-bond donors (Lipinski definition) is 1. The van der Waals surface area contributed by atoms with Gasteiger partial charge in [0.15, 0.2) is 0 Å². The molecule has 0 spiro atoms. The summed E-state index contributed by atoms with van der Waals surface area (Å²) in [7, 11) is -1.50. The second-order valence-corrected chi connectivity index (χ2v) is 12.2. The van der Waals surface area contributed by atoms with E-state index >= 15 is 0 Å². The fourth-order valence-corrected chi connectivity index (χ4v) is 3.95. The zero-order chi connectivity index (χ0) is 16.9. The van der Waals surface area contributed by atoms with E-state index in [0.717, 1.165) is 33.4 Å². The number of allylic oxidation sites excluding steroid dienone is 5. The Labute approximate surface area is 144 Å². The highest BCUT2D eigenvalue weighted by molar-refractivity contribution is 6.83. The minimum absolute atomic E-state index is 0.113. The van der Waals surface area contributed by atoms with Crippen LogP contribution in [0.2, 0.25) is 19.6 Å². The minimum atomic E-state index is -1.50. The molecule has 0 bridgehead atoms. The average molecular weight is 328 g/mol. The van der Waals surface area contributed by atoms with Crippen molar-refractivity contribution in [1.82, 2.24) is 0 Å². The van der Waals surface area contributed by atoms with Crippen molar-refractivity contribution in [1.29, 1.82) is 0 Å². The fraction of sp³-hybridized carbons (Fsp3) is 0.227. The van der Waals surface area contributed by atoms with Crippen LogP contribution in [0.4, 0.5) is 0 Å². The highest BCUT2D eigenvalue weighted by Crippen LogP contribution is 2.49. The third-order valence-corrected chi connectivity index (χ3v) is 5.41. The maximum absolute atomic E-state index is 10.9. The monoisotopic (exact) mass is 328 g/mol. The molecule has 0 saturated carbocycles. The normalized spacial score (nSPS) is 23.7. The summed E-state index contributed by atoms with van der Waals surface area (Å²) in [5.41, 5.74) is 13.3. The molecular weight excluding hydrogens is 308 g/mol. The van der Waals surface area contributed by atoms with Crippen molar-refractivity contribution in [2.75, 3.05) is 0 Å². The van der Waals surface area contributed by atoms with E-state index < -0.39 is 14.2 Å². The predicted molar refractivity (Wildman–Crippen MR) is 102 cm³/mol. The first-order valence-electron chi connectivity index (χ1n) is 8.36. The standard InChI is InChI=1S/C22H20OSi/c1-24(2,3)13-12-18-16-9-5-4-8-15(16)14-20-17-10-6-7-11-19(17)22(23)21(18)20/h4-11,16,22-23H,1-3H3. The maximum atomic E-state index is 10.9. The first kappa shape index (κ1) is 15.2. The highest BCUT2D eigenvalue weighted by Gasteiger charge is 2.36. The van der Waals surface area contributed by atoms with Crippen molar-refractivity contribution in [2.45, 2.75) is 25.7 Å². The lowest BCUT2D eigenvalue weighted by Crippen LogP contribution is -2.18. The summed E-state index contributed by atoms with van der Waals surface area (Å²) < 4.78 is 0. The highest BCUT2D eigenvalue weighted by atomic mass is 28.3. The number of aliphatic hydroxyl groups excluding tert-OH is 1. The SMILES string of the molecule is C[Si](C)(C)C#CC1=C2C(=C=C3C=CC=CC31)c1ccccc1C2O. The lowest BCUT2D eigenvalue weighted by molar-refractivity contribution is 0.224. The largest absolute Gasteiger partial charge is 0.384 e. The Morgan fingerprint density at radius 3 is 2.71 bits per heavy atom. The Bertz CT molecular complexity index is 948. The van der Waals surface area contributed by atoms with Gasteiger partial charge in [0.05, 0.1) is 0 Å². The van der Waals surface area contributed by atoms with Crippen LogP contribution in [0.5, 0.6) is 0 Å². The van der Waals surface area contributed by atoms with Gasteiger partial charge in [0.2, 0.25) is 0 Å². The third-order valence-electron chi connectivity index (χ3n) is 4.54. The first-order chi connectivity index (χ1) is 11.5. The summed E-state index contributed by atoms with van der Waals surface area (Å²) in [6.45, 7) is 6.74. The topological polar surface area (TPSA) is 20.2 Å². The molecule has 4 rings (SSSR count). The second kappa shape index (κ2) is 5.36. The van der Waals surface area contributed by atoms with Crippen molar-refractivity contribution in [3.63, 3.8) is 0 Å².